The molecule has 0 aliphatic rings. The molecule has 2 rings (SSSR count). The summed E-state index contributed by atoms with van der Waals surface area (Å²) in [7, 11) is 1.51. The predicted octanol–water partition coefficient (Wildman–Crippen LogP) is 3.42. The third-order valence-electron chi connectivity index (χ3n) is 2.70. The van der Waals surface area contributed by atoms with E-state index < -0.39 is 5.97 Å². The van der Waals surface area contributed by atoms with Crippen LogP contribution >= 0.6 is 11.6 Å². The van der Waals surface area contributed by atoms with Gasteiger partial charge in [-0.15, -0.1) is 0 Å². The summed E-state index contributed by atoms with van der Waals surface area (Å²) >= 11 is 5.93. The van der Waals surface area contributed by atoms with Crippen LogP contribution in [0.5, 0.6) is 11.5 Å². The van der Waals surface area contributed by atoms with Gasteiger partial charge in [0, 0.05) is 16.1 Å². The van der Waals surface area contributed by atoms with Crippen LogP contribution in [-0.4, -0.2) is 23.3 Å². The van der Waals surface area contributed by atoms with E-state index in [2.05, 4.69) is 0 Å². The molecular formula is C14H11ClO4. The summed E-state index contributed by atoms with van der Waals surface area (Å²) in [5.41, 5.74) is 1.08. The molecule has 0 saturated heterocycles. The minimum atomic E-state index is -1.10. The Labute approximate surface area is 114 Å². The Kier molecular flexibility index (Phi) is 3.62. The molecule has 0 radical (unpaired) electrons. The second kappa shape index (κ2) is 5.20. The third-order valence-corrected chi connectivity index (χ3v) is 2.93. The lowest BCUT2D eigenvalue weighted by molar-refractivity contribution is 0.0696. The number of phenols is 1. The number of carboxylic acids is 1. The highest BCUT2D eigenvalue weighted by molar-refractivity contribution is 6.31. The standard InChI is InChI=1S/C14H11ClO4/c1-19-13-5-3-9(15)7-11(13)10-4-2-8(14(17)18)6-12(10)16/h2-7,16H,1H3,(H,17,18). The monoisotopic (exact) mass is 278 g/mol. The van der Waals surface area contributed by atoms with Gasteiger partial charge in [-0.05, 0) is 36.4 Å². The van der Waals surface area contributed by atoms with E-state index in [0.29, 0.717) is 21.9 Å². The summed E-state index contributed by atoms with van der Waals surface area (Å²) < 4.78 is 5.20. The van der Waals surface area contributed by atoms with Crippen molar-refractivity contribution in [2.75, 3.05) is 7.11 Å². The quantitative estimate of drug-likeness (QED) is 0.903. The first-order valence-electron chi connectivity index (χ1n) is 5.43. The highest BCUT2D eigenvalue weighted by Crippen LogP contribution is 2.37. The van der Waals surface area contributed by atoms with Crippen molar-refractivity contribution in [3.63, 3.8) is 0 Å². The van der Waals surface area contributed by atoms with Crippen molar-refractivity contribution in [1.82, 2.24) is 0 Å². The number of hydrogen-bond donors (Lipinski definition) is 2. The first-order chi connectivity index (χ1) is 9.02. The number of carboxylic acid groups (broad SMARTS) is 1. The molecule has 0 atom stereocenters. The number of aromatic carboxylic acids is 1. The lowest BCUT2D eigenvalue weighted by Gasteiger charge is -2.11. The van der Waals surface area contributed by atoms with E-state index in [1.165, 1.54) is 25.3 Å². The van der Waals surface area contributed by atoms with E-state index in [0.717, 1.165) is 0 Å². The van der Waals surface area contributed by atoms with Crippen LogP contribution in [0, 0.1) is 0 Å². The fourth-order valence-electron chi connectivity index (χ4n) is 1.78. The first-order valence-corrected chi connectivity index (χ1v) is 5.81. The number of ether oxygens (including phenoxy) is 1. The minimum absolute atomic E-state index is 0.0160. The zero-order valence-corrected chi connectivity index (χ0v) is 10.8. The van der Waals surface area contributed by atoms with Crippen LogP contribution in [-0.2, 0) is 0 Å². The Morgan fingerprint density at radius 2 is 1.89 bits per heavy atom. The second-order valence-corrected chi connectivity index (χ2v) is 4.32. The van der Waals surface area contributed by atoms with Crippen LogP contribution in [0.1, 0.15) is 10.4 Å². The van der Waals surface area contributed by atoms with Gasteiger partial charge in [0.15, 0.2) is 0 Å². The molecule has 2 N–H and O–H groups in total. The molecule has 0 amide bonds. The van der Waals surface area contributed by atoms with Gasteiger partial charge in [-0.2, -0.15) is 0 Å². The smallest absolute Gasteiger partial charge is 0.335 e. The molecule has 0 fully saturated rings. The molecule has 0 unspecified atom stereocenters. The van der Waals surface area contributed by atoms with Crippen molar-refractivity contribution in [3.8, 4) is 22.6 Å². The zero-order valence-electron chi connectivity index (χ0n) is 10.1. The van der Waals surface area contributed by atoms with E-state index >= 15 is 0 Å². The van der Waals surface area contributed by atoms with E-state index in [4.69, 9.17) is 21.4 Å². The summed E-state index contributed by atoms with van der Waals surface area (Å²) in [5.74, 6) is -0.692. The molecule has 4 nitrogen and oxygen atoms in total. The van der Waals surface area contributed by atoms with Crippen molar-refractivity contribution in [3.05, 3.63) is 47.0 Å². The first kappa shape index (κ1) is 13.2. The average molecular weight is 279 g/mol. The van der Waals surface area contributed by atoms with Crippen LogP contribution < -0.4 is 4.74 Å². The Hall–Kier alpha value is -2.20. The largest absolute Gasteiger partial charge is 0.507 e. The zero-order chi connectivity index (χ0) is 14.0. The highest BCUT2D eigenvalue weighted by Gasteiger charge is 2.13. The Balaban J connectivity index is 2.59. The van der Waals surface area contributed by atoms with Gasteiger partial charge in [-0.25, -0.2) is 4.79 Å². The molecule has 0 aromatic heterocycles. The Morgan fingerprint density at radius 3 is 2.47 bits per heavy atom. The maximum Gasteiger partial charge on any atom is 0.335 e. The van der Waals surface area contributed by atoms with Crippen molar-refractivity contribution in [2.24, 2.45) is 0 Å². The lowest BCUT2D eigenvalue weighted by atomic mass is 10.0. The van der Waals surface area contributed by atoms with Crippen molar-refractivity contribution in [1.29, 1.82) is 0 Å². The number of phenolic OH excluding ortho intramolecular Hbond substituents is 1. The predicted molar refractivity (Wildman–Crippen MR) is 72.1 cm³/mol. The van der Waals surface area contributed by atoms with Crippen molar-refractivity contribution in [2.45, 2.75) is 0 Å². The van der Waals surface area contributed by atoms with Gasteiger partial charge < -0.3 is 14.9 Å². The molecule has 98 valence electrons. The summed E-state index contributed by atoms with van der Waals surface area (Å²) in [4.78, 5) is 10.8. The number of benzene rings is 2. The summed E-state index contributed by atoms with van der Waals surface area (Å²) in [6.07, 6.45) is 0. The van der Waals surface area contributed by atoms with Crippen LogP contribution in [0.2, 0.25) is 5.02 Å². The molecule has 0 aliphatic carbocycles. The molecule has 2 aromatic rings. The van der Waals surface area contributed by atoms with Crippen LogP contribution in [0.15, 0.2) is 36.4 Å². The van der Waals surface area contributed by atoms with Gasteiger partial charge in [0.05, 0.1) is 12.7 Å². The molecule has 0 spiro atoms. The number of halogens is 1. The van der Waals surface area contributed by atoms with Gasteiger partial charge in [0.2, 0.25) is 0 Å². The van der Waals surface area contributed by atoms with E-state index in [1.807, 2.05) is 0 Å². The van der Waals surface area contributed by atoms with Crippen molar-refractivity contribution >= 4 is 17.6 Å². The highest BCUT2D eigenvalue weighted by atomic mass is 35.5. The Bertz CT molecular complexity index is 637. The molecular weight excluding hydrogens is 268 g/mol. The van der Waals surface area contributed by atoms with Gasteiger partial charge in [-0.1, -0.05) is 11.6 Å². The van der Waals surface area contributed by atoms with Gasteiger partial charge >= 0.3 is 5.97 Å². The van der Waals surface area contributed by atoms with Crippen molar-refractivity contribution < 1.29 is 19.7 Å². The van der Waals surface area contributed by atoms with Gasteiger partial charge in [-0.3, -0.25) is 0 Å². The van der Waals surface area contributed by atoms with Crippen LogP contribution in [0.25, 0.3) is 11.1 Å². The lowest BCUT2D eigenvalue weighted by Crippen LogP contribution is -1.96. The summed E-state index contributed by atoms with van der Waals surface area (Å²) in [6, 6.07) is 9.13. The molecule has 19 heavy (non-hydrogen) atoms. The fourth-order valence-corrected chi connectivity index (χ4v) is 1.96. The average Bonchev–Trinajstić information content (AvgIpc) is 2.38. The third kappa shape index (κ3) is 2.63. The molecule has 0 aliphatic heterocycles. The van der Waals surface area contributed by atoms with E-state index in [1.54, 1.807) is 18.2 Å². The van der Waals surface area contributed by atoms with Gasteiger partial charge in [0.25, 0.3) is 0 Å². The second-order valence-electron chi connectivity index (χ2n) is 3.88. The SMILES string of the molecule is COc1ccc(Cl)cc1-c1ccc(C(=O)O)cc1O. The molecule has 2 aromatic carbocycles. The normalized spacial score (nSPS) is 10.2. The maximum atomic E-state index is 10.8. The molecule has 0 heterocycles. The molecule has 5 heteroatoms. The number of aromatic hydroxyl groups is 1. The van der Waals surface area contributed by atoms with E-state index in [-0.39, 0.29) is 11.3 Å². The number of carbonyl (C=O) groups is 1. The van der Waals surface area contributed by atoms with Crippen LogP contribution in [0.4, 0.5) is 0 Å². The molecule has 0 bridgehead atoms. The van der Waals surface area contributed by atoms with E-state index in [9.17, 15) is 9.90 Å². The number of methoxy groups -OCH3 is 1. The maximum absolute atomic E-state index is 10.8. The van der Waals surface area contributed by atoms with Crippen LogP contribution in [0.3, 0.4) is 0 Å². The Morgan fingerprint density at radius 1 is 1.16 bits per heavy atom. The topological polar surface area (TPSA) is 66.8 Å². The number of hydrogen-bond acceptors (Lipinski definition) is 3. The minimum Gasteiger partial charge on any atom is -0.507 e. The fraction of sp³-hybridized carbons (Fsp3) is 0.0714. The molecule has 0 saturated carbocycles. The summed E-state index contributed by atoms with van der Waals surface area (Å²) in [6.45, 7) is 0. The summed E-state index contributed by atoms with van der Waals surface area (Å²) in [5, 5.41) is 19.3. The number of rotatable bonds is 3. The van der Waals surface area contributed by atoms with Gasteiger partial charge in [0.1, 0.15) is 11.5 Å².